The summed E-state index contributed by atoms with van der Waals surface area (Å²) in [5, 5.41) is 9.22. The van der Waals surface area contributed by atoms with Crippen molar-refractivity contribution in [2.24, 2.45) is 0 Å². The van der Waals surface area contributed by atoms with Crippen molar-refractivity contribution in [3.8, 4) is 6.07 Å². The molecule has 0 N–H and O–H groups in total. The van der Waals surface area contributed by atoms with Crippen LogP contribution in [0.25, 0.3) is 0 Å². The van der Waals surface area contributed by atoms with Crippen LogP contribution in [0.3, 0.4) is 0 Å². The Bertz CT molecular complexity index is 280. The summed E-state index contributed by atoms with van der Waals surface area (Å²) in [4.78, 5) is 2.54. The summed E-state index contributed by atoms with van der Waals surface area (Å²) in [6.45, 7) is 8.03. The Morgan fingerprint density at radius 3 is 2.24 bits per heavy atom. The normalized spacial score (nSPS) is 17.9. The van der Waals surface area contributed by atoms with Crippen molar-refractivity contribution >= 4 is 0 Å². The first-order valence-corrected chi connectivity index (χ1v) is 7.15. The molecule has 1 aliphatic heterocycles. The zero-order chi connectivity index (χ0) is 12.5. The van der Waals surface area contributed by atoms with Gasteiger partial charge in [0.25, 0.3) is 0 Å². The van der Waals surface area contributed by atoms with Gasteiger partial charge in [-0.3, -0.25) is 0 Å². The number of rotatable bonds is 7. The van der Waals surface area contributed by atoms with Gasteiger partial charge in [0.2, 0.25) is 0 Å². The van der Waals surface area contributed by atoms with Gasteiger partial charge in [0.05, 0.1) is 6.07 Å². The van der Waals surface area contributed by atoms with E-state index in [0.29, 0.717) is 0 Å². The molecular weight excluding hydrogens is 208 g/mol. The summed E-state index contributed by atoms with van der Waals surface area (Å²) >= 11 is 0. The number of nitriles is 1. The van der Waals surface area contributed by atoms with Gasteiger partial charge < -0.3 is 4.90 Å². The maximum Gasteiger partial charge on any atom is 0.0946 e. The molecule has 0 atom stereocenters. The van der Waals surface area contributed by atoms with E-state index in [1.165, 1.54) is 31.5 Å². The minimum atomic E-state index is 0.964. The SMILES string of the molecule is CCC/C(C#N)=C(\CCC)CCN1CCCC1. The highest BCUT2D eigenvalue weighted by atomic mass is 15.1. The molecule has 1 saturated heterocycles. The molecule has 17 heavy (non-hydrogen) atoms. The minimum Gasteiger partial charge on any atom is -0.303 e. The fraction of sp³-hybridized carbons (Fsp3) is 0.800. The number of allylic oxidation sites excluding steroid dienone is 1. The van der Waals surface area contributed by atoms with Crippen LogP contribution in [0.15, 0.2) is 11.1 Å². The summed E-state index contributed by atoms with van der Waals surface area (Å²) in [6.07, 6.45) is 8.13. The third-order valence-corrected chi connectivity index (χ3v) is 3.54. The van der Waals surface area contributed by atoms with Crippen molar-refractivity contribution in [1.29, 1.82) is 5.26 Å². The van der Waals surface area contributed by atoms with Crippen molar-refractivity contribution in [2.45, 2.75) is 58.8 Å². The lowest BCUT2D eigenvalue weighted by Gasteiger charge is -2.16. The van der Waals surface area contributed by atoms with E-state index in [2.05, 4.69) is 24.8 Å². The molecule has 0 spiro atoms. The fourth-order valence-corrected chi connectivity index (χ4v) is 2.59. The Hall–Kier alpha value is -0.810. The third-order valence-electron chi connectivity index (χ3n) is 3.54. The molecule has 2 nitrogen and oxygen atoms in total. The van der Waals surface area contributed by atoms with Crippen LogP contribution in [-0.2, 0) is 0 Å². The highest BCUT2D eigenvalue weighted by Gasteiger charge is 2.13. The number of likely N-dealkylation sites (tertiary alicyclic amines) is 1. The Kier molecular flexibility index (Phi) is 6.96. The molecule has 0 aromatic carbocycles. The number of hydrogen-bond donors (Lipinski definition) is 0. The molecule has 0 amide bonds. The standard InChI is InChI=1S/C15H26N2/c1-3-7-14(15(13-16)8-4-2)9-12-17-10-5-6-11-17/h3-12H2,1-2H3/b15-14-. The second-order valence-corrected chi connectivity index (χ2v) is 4.99. The van der Waals surface area contributed by atoms with Gasteiger partial charge in [0.1, 0.15) is 0 Å². The van der Waals surface area contributed by atoms with E-state index >= 15 is 0 Å². The maximum atomic E-state index is 9.22. The highest BCUT2D eigenvalue weighted by Crippen LogP contribution is 2.20. The molecule has 0 bridgehead atoms. The first-order valence-electron chi connectivity index (χ1n) is 7.15. The molecule has 2 heteroatoms. The average molecular weight is 234 g/mol. The van der Waals surface area contributed by atoms with Gasteiger partial charge in [-0.1, -0.05) is 32.3 Å². The van der Waals surface area contributed by atoms with E-state index in [0.717, 1.165) is 44.2 Å². The Morgan fingerprint density at radius 2 is 1.71 bits per heavy atom. The Morgan fingerprint density at radius 1 is 1.06 bits per heavy atom. The van der Waals surface area contributed by atoms with E-state index in [1.54, 1.807) is 0 Å². The number of nitrogens with zero attached hydrogens (tertiary/aromatic N) is 2. The van der Waals surface area contributed by atoms with Crippen LogP contribution in [0.2, 0.25) is 0 Å². The summed E-state index contributed by atoms with van der Waals surface area (Å²) in [5.74, 6) is 0. The van der Waals surface area contributed by atoms with E-state index < -0.39 is 0 Å². The monoisotopic (exact) mass is 234 g/mol. The topological polar surface area (TPSA) is 27.0 Å². The molecular formula is C15H26N2. The van der Waals surface area contributed by atoms with Crippen LogP contribution >= 0.6 is 0 Å². The van der Waals surface area contributed by atoms with Crippen molar-refractivity contribution in [3.63, 3.8) is 0 Å². The smallest absolute Gasteiger partial charge is 0.0946 e. The van der Waals surface area contributed by atoms with Gasteiger partial charge in [-0.05, 0) is 45.2 Å². The lowest BCUT2D eigenvalue weighted by atomic mass is 9.98. The summed E-state index contributed by atoms with van der Waals surface area (Å²) < 4.78 is 0. The summed E-state index contributed by atoms with van der Waals surface area (Å²) in [5.41, 5.74) is 2.48. The van der Waals surface area contributed by atoms with Crippen molar-refractivity contribution in [3.05, 3.63) is 11.1 Å². The van der Waals surface area contributed by atoms with Crippen LogP contribution in [0.1, 0.15) is 58.8 Å². The lowest BCUT2D eigenvalue weighted by molar-refractivity contribution is 0.341. The molecule has 0 aromatic rings. The van der Waals surface area contributed by atoms with Gasteiger partial charge in [-0.2, -0.15) is 5.26 Å². The van der Waals surface area contributed by atoms with E-state index in [1.807, 2.05) is 0 Å². The second-order valence-electron chi connectivity index (χ2n) is 4.99. The first-order chi connectivity index (χ1) is 8.31. The Balaban J connectivity index is 2.54. The quantitative estimate of drug-likeness (QED) is 0.625. The lowest BCUT2D eigenvalue weighted by Crippen LogP contribution is -2.21. The predicted molar refractivity (Wildman–Crippen MR) is 72.7 cm³/mol. The zero-order valence-corrected chi connectivity index (χ0v) is 11.5. The summed E-state index contributed by atoms with van der Waals surface area (Å²) in [6, 6.07) is 2.42. The average Bonchev–Trinajstić information content (AvgIpc) is 2.85. The minimum absolute atomic E-state index is 0.964. The van der Waals surface area contributed by atoms with Crippen LogP contribution in [0, 0.1) is 11.3 Å². The Labute approximate surface area is 106 Å². The largest absolute Gasteiger partial charge is 0.303 e. The van der Waals surface area contributed by atoms with Gasteiger partial charge in [0, 0.05) is 12.1 Å². The molecule has 0 unspecified atom stereocenters. The maximum absolute atomic E-state index is 9.22. The molecule has 0 aromatic heterocycles. The fourth-order valence-electron chi connectivity index (χ4n) is 2.59. The van der Waals surface area contributed by atoms with Crippen LogP contribution in [-0.4, -0.2) is 24.5 Å². The van der Waals surface area contributed by atoms with Crippen molar-refractivity contribution < 1.29 is 0 Å². The molecule has 0 radical (unpaired) electrons. The molecule has 1 heterocycles. The van der Waals surface area contributed by atoms with E-state index in [-0.39, 0.29) is 0 Å². The molecule has 1 rings (SSSR count). The second kappa shape index (κ2) is 8.31. The van der Waals surface area contributed by atoms with Crippen LogP contribution < -0.4 is 0 Å². The van der Waals surface area contributed by atoms with Gasteiger partial charge in [-0.25, -0.2) is 0 Å². The van der Waals surface area contributed by atoms with Crippen molar-refractivity contribution in [1.82, 2.24) is 4.90 Å². The van der Waals surface area contributed by atoms with E-state index in [9.17, 15) is 5.26 Å². The third kappa shape index (κ3) is 4.91. The molecule has 0 aliphatic carbocycles. The van der Waals surface area contributed by atoms with Crippen LogP contribution in [0.5, 0.6) is 0 Å². The number of hydrogen-bond acceptors (Lipinski definition) is 2. The van der Waals surface area contributed by atoms with Gasteiger partial charge in [-0.15, -0.1) is 0 Å². The zero-order valence-electron chi connectivity index (χ0n) is 11.5. The van der Waals surface area contributed by atoms with Crippen LogP contribution in [0.4, 0.5) is 0 Å². The predicted octanol–water partition coefficient (Wildman–Crippen LogP) is 3.89. The molecule has 1 fully saturated rings. The summed E-state index contributed by atoms with van der Waals surface area (Å²) in [7, 11) is 0. The van der Waals surface area contributed by atoms with Crippen molar-refractivity contribution in [2.75, 3.05) is 19.6 Å². The molecule has 96 valence electrons. The van der Waals surface area contributed by atoms with Gasteiger partial charge >= 0.3 is 0 Å². The highest BCUT2D eigenvalue weighted by molar-refractivity contribution is 5.28. The first kappa shape index (κ1) is 14.3. The molecule has 0 saturated carbocycles. The van der Waals surface area contributed by atoms with Gasteiger partial charge in [0.15, 0.2) is 0 Å². The molecule has 1 aliphatic rings. The van der Waals surface area contributed by atoms with E-state index in [4.69, 9.17) is 0 Å².